The topological polar surface area (TPSA) is 152 Å². The number of fused-ring (bicyclic) bond motifs is 3. The van der Waals surface area contributed by atoms with E-state index in [0.29, 0.717) is 5.88 Å². The van der Waals surface area contributed by atoms with Crippen LogP contribution in [-0.2, 0) is 5.88 Å². The zero-order chi connectivity index (χ0) is 29.2. The fourth-order valence-corrected chi connectivity index (χ4v) is 6.15. The van der Waals surface area contributed by atoms with E-state index < -0.39 is 39.4 Å². The summed E-state index contributed by atoms with van der Waals surface area (Å²) in [5.74, 6) is -3.34. The molecule has 2 aliphatic rings. The number of carbonyl (C=O) groups is 2. The van der Waals surface area contributed by atoms with Crippen molar-refractivity contribution in [3.63, 3.8) is 0 Å². The number of nitro groups is 1. The van der Waals surface area contributed by atoms with Crippen molar-refractivity contribution in [2.24, 2.45) is 0 Å². The summed E-state index contributed by atoms with van der Waals surface area (Å²) in [4.78, 5) is 52.8. The molecule has 2 aliphatic heterocycles. The fraction of sp³-hybridized carbons (Fsp3) is 0.231. The second-order valence-electron chi connectivity index (χ2n) is 9.47. The average molecular weight is 584 g/mol. The van der Waals surface area contributed by atoms with Crippen LogP contribution >= 0.6 is 11.8 Å². The molecule has 0 atom stereocenters. The third kappa shape index (κ3) is 4.11. The molecular formula is C26H19F2N5O7S. The number of amides is 1. The van der Waals surface area contributed by atoms with Crippen LogP contribution in [-0.4, -0.2) is 62.7 Å². The zero-order valence-electron chi connectivity index (χ0n) is 21.2. The predicted octanol–water partition coefficient (Wildman–Crippen LogP) is 3.88. The minimum absolute atomic E-state index is 0.0437. The van der Waals surface area contributed by atoms with E-state index in [1.54, 1.807) is 9.47 Å². The summed E-state index contributed by atoms with van der Waals surface area (Å²) in [5, 5.41) is 25.6. The third-order valence-corrected chi connectivity index (χ3v) is 8.32. The van der Waals surface area contributed by atoms with Crippen LogP contribution in [0.25, 0.3) is 22.2 Å². The summed E-state index contributed by atoms with van der Waals surface area (Å²) in [6.07, 6.45) is 0. The van der Waals surface area contributed by atoms with Gasteiger partial charge in [0.2, 0.25) is 5.43 Å². The van der Waals surface area contributed by atoms with Crippen molar-refractivity contribution in [2.75, 3.05) is 31.1 Å². The van der Waals surface area contributed by atoms with Gasteiger partial charge in [-0.25, -0.2) is 13.6 Å². The van der Waals surface area contributed by atoms with Gasteiger partial charge in [0.05, 0.1) is 26.9 Å². The first-order chi connectivity index (χ1) is 19.6. The van der Waals surface area contributed by atoms with E-state index in [4.69, 9.17) is 4.52 Å². The average Bonchev–Trinajstić information content (AvgIpc) is 3.29. The number of nitrogens with zero attached hydrogens (tertiary/aromatic N) is 5. The zero-order valence-corrected chi connectivity index (χ0v) is 22.0. The Morgan fingerprint density at radius 3 is 2.39 bits per heavy atom. The van der Waals surface area contributed by atoms with Crippen LogP contribution in [0.5, 0.6) is 0 Å². The third-order valence-electron chi connectivity index (χ3n) is 7.24. The normalized spacial score (nSPS) is 14.6. The van der Waals surface area contributed by atoms with Crippen LogP contribution < -0.4 is 10.3 Å². The molecule has 0 saturated carbocycles. The van der Waals surface area contributed by atoms with Gasteiger partial charge in [-0.05, 0) is 25.1 Å². The first kappa shape index (κ1) is 26.4. The predicted molar refractivity (Wildman–Crippen MR) is 142 cm³/mol. The van der Waals surface area contributed by atoms with E-state index in [-0.39, 0.29) is 76.1 Å². The van der Waals surface area contributed by atoms with Crippen LogP contribution in [0.15, 0.2) is 44.7 Å². The van der Waals surface area contributed by atoms with Gasteiger partial charge >= 0.3 is 5.97 Å². The number of carboxylic acids is 1. The Morgan fingerprint density at radius 2 is 1.80 bits per heavy atom. The summed E-state index contributed by atoms with van der Waals surface area (Å²) in [6, 6.07) is 5.88. The number of nitro benzene ring substituents is 1. The summed E-state index contributed by atoms with van der Waals surface area (Å²) in [7, 11) is 0. The minimum atomic E-state index is -1.38. The SMILES string of the molecule is Cc1onc(-c2c(F)cccc2F)c1C(=O)N1CCN(c2cc3c(=O)c(C(=O)O)c4n(c3cc2[N+](=O)[O-])CS4)CC1. The van der Waals surface area contributed by atoms with Crippen LogP contribution in [0.1, 0.15) is 26.5 Å². The number of pyridine rings is 1. The van der Waals surface area contributed by atoms with Crippen molar-refractivity contribution >= 4 is 45.9 Å². The lowest BCUT2D eigenvalue weighted by molar-refractivity contribution is -0.384. The van der Waals surface area contributed by atoms with Crippen molar-refractivity contribution in [3.8, 4) is 11.3 Å². The molecule has 41 heavy (non-hydrogen) atoms. The first-order valence-electron chi connectivity index (χ1n) is 12.3. The number of aromatic carboxylic acids is 1. The number of thioether (sulfide) groups is 1. The summed E-state index contributed by atoms with van der Waals surface area (Å²) in [5.41, 5.74) is -1.83. The molecule has 1 saturated heterocycles. The van der Waals surface area contributed by atoms with Crippen molar-refractivity contribution in [1.82, 2.24) is 14.6 Å². The Balaban J connectivity index is 1.32. The van der Waals surface area contributed by atoms with Gasteiger partial charge in [-0.1, -0.05) is 23.0 Å². The van der Waals surface area contributed by atoms with E-state index in [1.807, 2.05) is 0 Å². The molecule has 1 fully saturated rings. The van der Waals surface area contributed by atoms with E-state index in [2.05, 4.69) is 5.16 Å². The summed E-state index contributed by atoms with van der Waals surface area (Å²) in [6.45, 7) is 1.86. The van der Waals surface area contributed by atoms with Crippen LogP contribution in [0.4, 0.5) is 20.2 Å². The Morgan fingerprint density at radius 1 is 1.12 bits per heavy atom. The van der Waals surface area contributed by atoms with E-state index in [1.165, 1.54) is 41.8 Å². The molecule has 0 unspecified atom stereocenters. The molecule has 210 valence electrons. The molecule has 1 N–H and O–H groups in total. The number of hydrogen-bond donors (Lipinski definition) is 1. The summed E-state index contributed by atoms with van der Waals surface area (Å²) < 4.78 is 35.6. The van der Waals surface area contributed by atoms with Crippen molar-refractivity contribution in [2.45, 2.75) is 17.8 Å². The number of carbonyl (C=O) groups excluding carboxylic acids is 1. The van der Waals surface area contributed by atoms with Crippen LogP contribution in [0.2, 0.25) is 0 Å². The number of rotatable bonds is 5. The molecule has 4 aromatic rings. The highest BCUT2D eigenvalue weighted by atomic mass is 32.2. The molecule has 4 heterocycles. The molecule has 15 heteroatoms. The highest BCUT2D eigenvalue weighted by molar-refractivity contribution is 7.99. The number of benzene rings is 2. The minimum Gasteiger partial charge on any atom is -0.477 e. The molecule has 0 bridgehead atoms. The number of hydrogen-bond acceptors (Lipinski definition) is 9. The van der Waals surface area contributed by atoms with E-state index >= 15 is 0 Å². The van der Waals surface area contributed by atoms with Gasteiger partial charge in [0, 0.05) is 37.6 Å². The largest absolute Gasteiger partial charge is 0.477 e. The summed E-state index contributed by atoms with van der Waals surface area (Å²) >= 11 is 1.18. The number of piperazine rings is 1. The number of carboxylic acid groups (broad SMARTS) is 1. The van der Waals surface area contributed by atoms with Gasteiger partial charge in [0.1, 0.15) is 39.9 Å². The maximum absolute atomic E-state index is 14.5. The van der Waals surface area contributed by atoms with Gasteiger partial charge in [-0.3, -0.25) is 19.7 Å². The van der Waals surface area contributed by atoms with Gasteiger partial charge in [0.25, 0.3) is 11.6 Å². The lowest BCUT2D eigenvalue weighted by Crippen LogP contribution is -2.49. The molecule has 0 radical (unpaired) electrons. The molecule has 0 aliphatic carbocycles. The second kappa shape index (κ2) is 9.69. The van der Waals surface area contributed by atoms with Gasteiger partial charge < -0.3 is 24.0 Å². The van der Waals surface area contributed by atoms with Gasteiger partial charge in [-0.15, -0.1) is 0 Å². The highest BCUT2D eigenvalue weighted by Gasteiger charge is 2.34. The molecular weight excluding hydrogens is 564 g/mol. The Bertz CT molecular complexity index is 1840. The molecule has 2 aromatic heterocycles. The number of aromatic nitrogens is 2. The quantitative estimate of drug-likeness (QED) is 0.271. The molecule has 2 aromatic carbocycles. The fourth-order valence-electron chi connectivity index (χ4n) is 5.20. The Labute approximate surface area is 232 Å². The smallest absolute Gasteiger partial charge is 0.342 e. The number of halogens is 2. The number of anilines is 1. The molecule has 0 spiro atoms. The first-order valence-corrected chi connectivity index (χ1v) is 13.3. The standard InChI is InChI=1S/C26H19F2N5O7S/c1-12-19(22(29-40-12)20-14(27)3-2-4-15(20)28)24(35)31-7-5-30(6-8-31)17-9-13-16(10-18(17)33(38)39)32-11-41-25(32)21(23(13)34)26(36)37/h2-4,9-10H,5-8,11H2,1H3,(H,36,37). The van der Waals surface area contributed by atoms with Crippen molar-refractivity contribution in [1.29, 1.82) is 0 Å². The number of aryl methyl sites for hydroxylation is 1. The monoisotopic (exact) mass is 583 g/mol. The highest BCUT2D eigenvalue weighted by Crippen LogP contribution is 2.40. The lowest BCUT2D eigenvalue weighted by Gasteiger charge is -2.36. The van der Waals surface area contributed by atoms with Crippen molar-refractivity contribution in [3.05, 3.63) is 79.2 Å². The lowest BCUT2D eigenvalue weighted by atomic mass is 10.0. The second-order valence-corrected chi connectivity index (χ2v) is 10.4. The van der Waals surface area contributed by atoms with Crippen LogP contribution in [0, 0.1) is 28.7 Å². The molecule has 1 amide bonds. The maximum Gasteiger partial charge on any atom is 0.342 e. The Hall–Kier alpha value is -4.79. The maximum atomic E-state index is 14.5. The molecule has 12 nitrogen and oxygen atoms in total. The van der Waals surface area contributed by atoms with E-state index in [9.17, 15) is 38.4 Å². The van der Waals surface area contributed by atoms with E-state index in [0.717, 1.165) is 12.1 Å². The van der Waals surface area contributed by atoms with Crippen LogP contribution in [0.3, 0.4) is 0 Å². The van der Waals surface area contributed by atoms with Gasteiger partial charge in [-0.2, -0.15) is 0 Å². The molecule has 6 rings (SSSR count). The van der Waals surface area contributed by atoms with Crippen molar-refractivity contribution < 1.29 is 32.9 Å². The van der Waals surface area contributed by atoms with Gasteiger partial charge in [0.15, 0.2) is 0 Å². The Kier molecular flexibility index (Phi) is 6.25.